The van der Waals surface area contributed by atoms with Crippen molar-refractivity contribution in [3.8, 4) is 0 Å². The largest absolute Gasteiger partial charge is 0.369 e. The number of fused-ring (bicyclic) bond motifs is 3. The van der Waals surface area contributed by atoms with Crippen molar-refractivity contribution in [1.82, 2.24) is 14.3 Å². The number of hydrogen-bond acceptors (Lipinski definition) is 4. The number of amides is 3. The first kappa shape index (κ1) is 20.5. The fourth-order valence-corrected chi connectivity index (χ4v) is 8.16. The molecule has 2 aromatic heterocycles. The Morgan fingerprint density at radius 2 is 2.09 bits per heavy atom. The van der Waals surface area contributed by atoms with Crippen LogP contribution in [0.2, 0.25) is 0 Å². The molecule has 0 aromatic carbocycles. The molecule has 4 aliphatic carbocycles. The molecule has 8 heteroatoms. The van der Waals surface area contributed by atoms with Crippen LogP contribution >= 0.6 is 0 Å². The summed E-state index contributed by atoms with van der Waals surface area (Å²) in [7, 11) is 0. The lowest BCUT2D eigenvalue weighted by Crippen LogP contribution is -2.44. The number of anilines is 1. The first-order valence-electron chi connectivity index (χ1n) is 12.7. The first-order valence-corrected chi connectivity index (χ1v) is 12.7. The monoisotopic (exact) mass is 461 g/mol. The van der Waals surface area contributed by atoms with Crippen LogP contribution in [0.1, 0.15) is 61.9 Å². The number of hydrogen-bond donors (Lipinski definition) is 2. The molecule has 2 aromatic rings. The summed E-state index contributed by atoms with van der Waals surface area (Å²) in [5.74, 6) is 2.51. The minimum Gasteiger partial charge on any atom is -0.369 e. The average molecular weight is 462 g/mol. The Hall–Kier alpha value is -2.90. The van der Waals surface area contributed by atoms with E-state index >= 15 is 0 Å². The lowest BCUT2D eigenvalue weighted by atomic mass is 9.69. The number of primary amides is 1. The van der Waals surface area contributed by atoms with Crippen LogP contribution in [0, 0.1) is 34.5 Å². The molecule has 3 amide bonds. The molecule has 1 aliphatic heterocycles. The molecule has 3 N–H and O–H groups in total. The normalized spacial score (nSPS) is 37.1. The maximum Gasteiger partial charge on any atom is 0.274 e. The van der Waals surface area contributed by atoms with Gasteiger partial charge in [0.15, 0.2) is 0 Å². The highest BCUT2D eigenvalue weighted by molar-refractivity contribution is 5.94. The van der Waals surface area contributed by atoms with Crippen LogP contribution in [0.15, 0.2) is 24.4 Å². The summed E-state index contributed by atoms with van der Waals surface area (Å²) in [6.45, 7) is 0.921. The second-order valence-electron chi connectivity index (χ2n) is 11.8. The number of carbonyl (C=O) groups is 3. The highest BCUT2D eigenvalue weighted by Crippen LogP contribution is 2.84. The second-order valence-corrected chi connectivity index (χ2v) is 11.8. The fourth-order valence-electron chi connectivity index (χ4n) is 8.16. The average Bonchev–Trinajstić information content (AvgIpc) is 3.64. The maximum atomic E-state index is 13.2. The molecule has 5 fully saturated rings. The molecule has 8 nitrogen and oxygen atoms in total. The van der Waals surface area contributed by atoms with Crippen molar-refractivity contribution < 1.29 is 14.4 Å². The molecule has 34 heavy (non-hydrogen) atoms. The molecular formula is C26H31N5O3. The molecule has 2 bridgehead atoms. The van der Waals surface area contributed by atoms with E-state index in [1.54, 1.807) is 15.5 Å². The molecule has 1 spiro atoms. The van der Waals surface area contributed by atoms with Crippen molar-refractivity contribution >= 4 is 29.2 Å². The van der Waals surface area contributed by atoms with Gasteiger partial charge in [-0.25, -0.2) is 4.98 Å². The van der Waals surface area contributed by atoms with Crippen molar-refractivity contribution in [2.45, 2.75) is 51.4 Å². The Morgan fingerprint density at radius 1 is 1.21 bits per heavy atom. The Bertz CT molecular complexity index is 1230. The number of piperidine rings is 1. The second kappa shape index (κ2) is 6.83. The molecule has 3 heterocycles. The van der Waals surface area contributed by atoms with Crippen LogP contribution in [0.3, 0.4) is 0 Å². The van der Waals surface area contributed by atoms with E-state index in [-0.39, 0.29) is 29.1 Å². The number of imidazole rings is 1. The van der Waals surface area contributed by atoms with Gasteiger partial charge in [0.2, 0.25) is 11.8 Å². The number of carbonyl (C=O) groups excluding carboxylic acids is 3. The summed E-state index contributed by atoms with van der Waals surface area (Å²) in [5.41, 5.74) is 7.19. The van der Waals surface area contributed by atoms with Gasteiger partial charge in [-0.15, -0.1) is 0 Å². The minimum atomic E-state index is -0.363. The van der Waals surface area contributed by atoms with E-state index in [1.165, 1.54) is 32.1 Å². The van der Waals surface area contributed by atoms with Gasteiger partial charge in [-0.1, -0.05) is 6.07 Å². The van der Waals surface area contributed by atoms with Gasteiger partial charge in [-0.2, -0.15) is 0 Å². The van der Waals surface area contributed by atoms with Crippen LogP contribution in [-0.2, 0) is 9.59 Å². The predicted octanol–water partition coefficient (Wildman–Crippen LogP) is 2.83. The maximum absolute atomic E-state index is 13.2. The van der Waals surface area contributed by atoms with E-state index in [0.717, 1.165) is 24.2 Å². The summed E-state index contributed by atoms with van der Waals surface area (Å²) in [6.07, 6.45) is 10.2. The van der Waals surface area contributed by atoms with E-state index in [0.29, 0.717) is 48.5 Å². The molecule has 1 saturated heterocycles. The molecule has 5 aliphatic rings. The van der Waals surface area contributed by atoms with Gasteiger partial charge < -0.3 is 16.0 Å². The van der Waals surface area contributed by atoms with Gasteiger partial charge in [0.1, 0.15) is 17.2 Å². The first-order chi connectivity index (χ1) is 16.4. The molecule has 6 atom stereocenters. The lowest BCUT2D eigenvalue weighted by Gasteiger charge is -2.35. The summed E-state index contributed by atoms with van der Waals surface area (Å²) < 4.78 is 1.78. The zero-order chi connectivity index (χ0) is 23.2. The molecular weight excluding hydrogens is 430 g/mol. The SMILES string of the molecule is NC(=O)C1CCCN(C(=O)c2cn3c(NC(=O)CC45CC6CC6C6(CC6C4)C5)cccc3n2)C1. The molecule has 178 valence electrons. The van der Waals surface area contributed by atoms with Gasteiger partial charge in [0, 0.05) is 25.7 Å². The van der Waals surface area contributed by atoms with E-state index in [9.17, 15) is 14.4 Å². The summed E-state index contributed by atoms with van der Waals surface area (Å²) in [4.78, 5) is 44.0. The number of rotatable bonds is 5. The lowest BCUT2D eigenvalue weighted by molar-refractivity contribution is -0.123. The van der Waals surface area contributed by atoms with E-state index in [1.807, 2.05) is 18.2 Å². The fraction of sp³-hybridized carbons (Fsp3) is 0.615. The Labute approximate surface area is 198 Å². The van der Waals surface area contributed by atoms with Crippen LogP contribution in [0.5, 0.6) is 0 Å². The van der Waals surface area contributed by atoms with Crippen molar-refractivity contribution in [2.75, 3.05) is 18.4 Å². The quantitative estimate of drug-likeness (QED) is 0.713. The standard InChI is InChI=1S/C26H31N5O3/c27-23(33)15-3-2-6-30(12-15)24(34)19-13-31-20(28-19)4-1-5-21(31)29-22(32)11-25-8-16-7-18(16)26(14-25)10-17(26)9-25/h1,4-5,13,15-18H,2-3,6-12,14H2,(H2,27,33)(H,29,32). The Balaban J connectivity index is 1.08. The van der Waals surface area contributed by atoms with E-state index in [2.05, 4.69) is 10.3 Å². The minimum absolute atomic E-state index is 0.0601. The highest BCUT2D eigenvalue weighted by atomic mass is 16.2. The van der Waals surface area contributed by atoms with Crippen LogP contribution < -0.4 is 11.1 Å². The predicted molar refractivity (Wildman–Crippen MR) is 125 cm³/mol. The summed E-state index contributed by atoms with van der Waals surface area (Å²) in [5, 5.41) is 3.12. The van der Waals surface area contributed by atoms with Crippen molar-refractivity contribution in [3.63, 3.8) is 0 Å². The number of nitrogens with one attached hydrogen (secondary N) is 1. The third-order valence-corrected chi connectivity index (χ3v) is 9.64. The van der Waals surface area contributed by atoms with Gasteiger partial charge in [-0.05, 0) is 85.7 Å². The molecule has 7 rings (SSSR count). The Morgan fingerprint density at radius 3 is 2.94 bits per heavy atom. The molecule has 0 radical (unpaired) electrons. The third kappa shape index (κ3) is 3.03. The number of nitrogens with zero attached hydrogens (tertiary/aromatic N) is 3. The number of aromatic nitrogens is 2. The van der Waals surface area contributed by atoms with E-state index < -0.39 is 0 Å². The molecule has 4 saturated carbocycles. The smallest absolute Gasteiger partial charge is 0.274 e. The van der Waals surface area contributed by atoms with Gasteiger partial charge in [0.05, 0.1) is 5.92 Å². The zero-order valence-electron chi connectivity index (χ0n) is 19.3. The summed E-state index contributed by atoms with van der Waals surface area (Å²) in [6, 6.07) is 5.54. The van der Waals surface area contributed by atoms with Crippen molar-refractivity contribution in [2.24, 2.45) is 40.2 Å². The van der Waals surface area contributed by atoms with Gasteiger partial charge in [-0.3, -0.25) is 18.8 Å². The third-order valence-electron chi connectivity index (χ3n) is 9.64. The van der Waals surface area contributed by atoms with Crippen LogP contribution in [0.25, 0.3) is 5.65 Å². The van der Waals surface area contributed by atoms with E-state index in [4.69, 9.17) is 5.73 Å². The Kier molecular flexibility index (Phi) is 4.11. The van der Waals surface area contributed by atoms with Crippen LogP contribution in [0.4, 0.5) is 5.82 Å². The van der Waals surface area contributed by atoms with Crippen molar-refractivity contribution in [3.05, 3.63) is 30.1 Å². The zero-order valence-corrected chi connectivity index (χ0v) is 19.3. The summed E-state index contributed by atoms with van der Waals surface area (Å²) >= 11 is 0. The topological polar surface area (TPSA) is 110 Å². The number of likely N-dealkylation sites (tertiary alicyclic amines) is 1. The van der Waals surface area contributed by atoms with Crippen LogP contribution in [-0.4, -0.2) is 45.1 Å². The van der Waals surface area contributed by atoms with Crippen molar-refractivity contribution in [1.29, 1.82) is 0 Å². The molecule has 6 unspecified atom stereocenters. The number of pyridine rings is 1. The highest BCUT2D eigenvalue weighted by Gasteiger charge is 2.76. The number of nitrogens with two attached hydrogens (primary N) is 1. The van der Waals surface area contributed by atoms with Gasteiger partial charge in [0.25, 0.3) is 5.91 Å². The van der Waals surface area contributed by atoms with Gasteiger partial charge >= 0.3 is 0 Å².